The lowest BCUT2D eigenvalue weighted by Gasteiger charge is -2.08. The number of ether oxygens (including phenoxy) is 1. The van der Waals surface area contributed by atoms with Crippen LogP contribution in [0, 0.1) is 12.8 Å². The molecule has 0 aliphatic heterocycles. The van der Waals surface area contributed by atoms with Crippen LogP contribution in [0.15, 0.2) is 72.9 Å². The topological polar surface area (TPSA) is 9.23 Å². The SMILES string of the molecule is CC/C=C\CC/C=C/C=C\C=C\[C@@H](C)CCOc1ccc(C)cc1. The standard InChI is InChI=1S/C23H32O/c1-4-5-6-7-8-9-10-11-12-13-14-21(2)19-20-24-23-17-15-22(3)16-18-23/h5-6,9-18,21H,4,7-8,19-20H2,1-3H3/b6-5-,10-9+,12-11-,14-13+/t21-/m1/s1. The van der Waals surface area contributed by atoms with E-state index in [4.69, 9.17) is 4.74 Å². The molecule has 1 atom stereocenters. The summed E-state index contributed by atoms with van der Waals surface area (Å²) in [4.78, 5) is 0. The highest BCUT2D eigenvalue weighted by atomic mass is 16.5. The molecule has 0 spiro atoms. The number of hydrogen-bond acceptors (Lipinski definition) is 1. The second kappa shape index (κ2) is 13.4. The quantitative estimate of drug-likeness (QED) is 0.247. The van der Waals surface area contributed by atoms with Gasteiger partial charge >= 0.3 is 0 Å². The molecule has 0 aliphatic rings. The molecule has 1 aromatic carbocycles. The lowest BCUT2D eigenvalue weighted by atomic mass is 10.1. The predicted octanol–water partition coefficient (Wildman–Crippen LogP) is 6.82. The summed E-state index contributed by atoms with van der Waals surface area (Å²) in [6, 6.07) is 8.22. The highest BCUT2D eigenvalue weighted by molar-refractivity contribution is 5.26. The molecule has 0 N–H and O–H groups in total. The van der Waals surface area contributed by atoms with Crippen LogP contribution in [0.4, 0.5) is 0 Å². The van der Waals surface area contributed by atoms with Crippen LogP contribution in [0.25, 0.3) is 0 Å². The van der Waals surface area contributed by atoms with E-state index in [2.05, 4.69) is 81.5 Å². The van der Waals surface area contributed by atoms with Gasteiger partial charge in [0.15, 0.2) is 0 Å². The molecule has 0 aliphatic carbocycles. The first-order valence-electron chi connectivity index (χ1n) is 9.06. The molecule has 0 aromatic heterocycles. The first-order chi connectivity index (χ1) is 11.7. The largest absolute Gasteiger partial charge is 0.494 e. The molecule has 24 heavy (non-hydrogen) atoms. The number of aryl methyl sites for hydroxylation is 1. The van der Waals surface area contributed by atoms with Gasteiger partial charge in [-0.3, -0.25) is 0 Å². The molecule has 0 bridgehead atoms. The van der Waals surface area contributed by atoms with Gasteiger partial charge in [0.05, 0.1) is 6.61 Å². The van der Waals surface area contributed by atoms with Crippen LogP contribution < -0.4 is 4.74 Å². The summed E-state index contributed by atoms with van der Waals surface area (Å²) in [7, 11) is 0. The summed E-state index contributed by atoms with van der Waals surface area (Å²) in [5, 5.41) is 0. The van der Waals surface area contributed by atoms with Crippen LogP contribution in [0.5, 0.6) is 5.75 Å². The maximum atomic E-state index is 5.76. The molecule has 1 heteroatoms. The summed E-state index contributed by atoms with van der Waals surface area (Å²) in [5.74, 6) is 1.47. The van der Waals surface area contributed by atoms with Crippen molar-refractivity contribution in [2.24, 2.45) is 5.92 Å². The molecule has 0 saturated heterocycles. The van der Waals surface area contributed by atoms with Gasteiger partial charge in [0.1, 0.15) is 5.75 Å². The lowest BCUT2D eigenvalue weighted by molar-refractivity contribution is 0.296. The van der Waals surface area contributed by atoms with Gasteiger partial charge in [-0.1, -0.05) is 80.2 Å². The monoisotopic (exact) mass is 324 g/mol. The molecular weight excluding hydrogens is 292 g/mol. The molecule has 1 rings (SSSR count). The Kier molecular flexibility index (Phi) is 11.2. The van der Waals surface area contributed by atoms with E-state index in [9.17, 15) is 0 Å². The van der Waals surface area contributed by atoms with Gasteiger partial charge in [0.2, 0.25) is 0 Å². The van der Waals surface area contributed by atoms with E-state index < -0.39 is 0 Å². The number of hydrogen-bond donors (Lipinski definition) is 0. The maximum absolute atomic E-state index is 5.76. The summed E-state index contributed by atoms with van der Waals surface area (Å²) in [6.07, 6.45) is 21.7. The highest BCUT2D eigenvalue weighted by Crippen LogP contribution is 2.13. The van der Waals surface area contributed by atoms with Crippen LogP contribution in [-0.4, -0.2) is 6.61 Å². The summed E-state index contributed by atoms with van der Waals surface area (Å²) < 4.78 is 5.76. The van der Waals surface area contributed by atoms with E-state index in [1.165, 1.54) is 5.56 Å². The average molecular weight is 325 g/mol. The third-order valence-electron chi connectivity index (χ3n) is 3.67. The van der Waals surface area contributed by atoms with Crippen LogP contribution in [0.2, 0.25) is 0 Å². The van der Waals surface area contributed by atoms with E-state index in [-0.39, 0.29) is 0 Å². The van der Waals surface area contributed by atoms with E-state index in [1.54, 1.807) is 0 Å². The smallest absolute Gasteiger partial charge is 0.119 e. The van der Waals surface area contributed by atoms with Crippen LogP contribution in [0.1, 0.15) is 45.1 Å². The first-order valence-corrected chi connectivity index (χ1v) is 9.06. The van der Waals surface area contributed by atoms with Gasteiger partial charge in [-0.05, 0) is 50.7 Å². The zero-order valence-electron chi connectivity index (χ0n) is 15.4. The minimum atomic E-state index is 0.517. The minimum absolute atomic E-state index is 0.517. The number of allylic oxidation sites excluding steroid dienone is 8. The molecule has 0 heterocycles. The third-order valence-corrected chi connectivity index (χ3v) is 3.67. The van der Waals surface area contributed by atoms with Crippen molar-refractivity contribution in [3.05, 3.63) is 78.4 Å². The minimum Gasteiger partial charge on any atom is -0.494 e. The van der Waals surface area contributed by atoms with Crippen molar-refractivity contribution in [1.82, 2.24) is 0 Å². The van der Waals surface area contributed by atoms with E-state index in [0.29, 0.717) is 5.92 Å². The zero-order chi connectivity index (χ0) is 17.5. The van der Waals surface area contributed by atoms with Crippen molar-refractivity contribution in [2.45, 2.75) is 46.5 Å². The van der Waals surface area contributed by atoms with Gasteiger partial charge in [-0.2, -0.15) is 0 Å². The fraction of sp³-hybridized carbons (Fsp3) is 0.391. The van der Waals surface area contributed by atoms with E-state index in [0.717, 1.165) is 38.0 Å². The first kappa shape index (κ1) is 20.0. The molecule has 1 aromatic rings. The molecule has 0 unspecified atom stereocenters. The average Bonchev–Trinajstić information content (AvgIpc) is 2.58. The Bertz CT molecular complexity index is 532. The Balaban J connectivity index is 2.13. The predicted molar refractivity (Wildman–Crippen MR) is 107 cm³/mol. The second-order valence-corrected chi connectivity index (χ2v) is 6.08. The Labute approximate surface area is 148 Å². The van der Waals surface area contributed by atoms with Crippen molar-refractivity contribution < 1.29 is 4.74 Å². The lowest BCUT2D eigenvalue weighted by Crippen LogP contribution is -2.02. The van der Waals surface area contributed by atoms with Gasteiger partial charge in [0.25, 0.3) is 0 Å². The van der Waals surface area contributed by atoms with Crippen molar-refractivity contribution in [1.29, 1.82) is 0 Å². The number of unbranched alkanes of at least 4 members (excludes halogenated alkanes) is 1. The van der Waals surface area contributed by atoms with Gasteiger partial charge in [-0.15, -0.1) is 0 Å². The molecule has 0 radical (unpaired) electrons. The molecule has 1 nitrogen and oxygen atoms in total. The normalized spacial score (nSPS) is 13.6. The van der Waals surface area contributed by atoms with Crippen LogP contribution >= 0.6 is 0 Å². The molecule has 0 fully saturated rings. The molecule has 0 saturated carbocycles. The highest BCUT2D eigenvalue weighted by Gasteiger charge is 1.98. The Morgan fingerprint density at radius 2 is 1.62 bits per heavy atom. The van der Waals surface area contributed by atoms with Crippen molar-refractivity contribution in [3.8, 4) is 5.75 Å². The fourth-order valence-corrected chi connectivity index (χ4v) is 2.13. The van der Waals surface area contributed by atoms with Gasteiger partial charge < -0.3 is 4.74 Å². The fourth-order valence-electron chi connectivity index (χ4n) is 2.13. The zero-order valence-corrected chi connectivity index (χ0v) is 15.4. The molecule has 0 amide bonds. The van der Waals surface area contributed by atoms with E-state index >= 15 is 0 Å². The summed E-state index contributed by atoms with van der Waals surface area (Å²) >= 11 is 0. The number of benzene rings is 1. The van der Waals surface area contributed by atoms with Crippen LogP contribution in [0.3, 0.4) is 0 Å². The Morgan fingerprint density at radius 1 is 0.917 bits per heavy atom. The van der Waals surface area contributed by atoms with Crippen molar-refractivity contribution in [3.63, 3.8) is 0 Å². The van der Waals surface area contributed by atoms with Crippen LogP contribution in [-0.2, 0) is 0 Å². The Hall–Kier alpha value is -2.02. The Morgan fingerprint density at radius 3 is 2.38 bits per heavy atom. The van der Waals surface area contributed by atoms with Crippen molar-refractivity contribution in [2.75, 3.05) is 6.61 Å². The second-order valence-electron chi connectivity index (χ2n) is 6.08. The third kappa shape index (κ3) is 10.7. The van der Waals surface area contributed by atoms with Gasteiger partial charge in [0, 0.05) is 0 Å². The number of rotatable bonds is 11. The maximum Gasteiger partial charge on any atom is 0.119 e. The van der Waals surface area contributed by atoms with Crippen molar-refractivity contribution >= 4 is 0 Å². The van der Waals surface area contributed by atoms with E-state index in [1.807, 2.05) is 12.1 Å². The van der Waals surface area contributed by atoms with Gasteiger partial charge in [-0.25, -0.2) is 0 Å². The summed E-state index contributed by atoms with van der Waals surface area (Å²) in [5.41, 5.74) is 1.26. The molecule has 130 valence electrons. The summed E-state index contributed by atoms with van der Waals surface area (Å²) in [6.45, 7) is 7.22. The molecular formula is C23H32O.